The molecule has 0 saturated carbocycles. The van der Waals surface area contributed by atoms with E-state index in [9.17, 15) is 9.59 Å². The molecular weight excluding hydrogens is 336 g/mol. The molecule has 7 heteroatoms. The van der Waals surface area contributed by atoms with Gasteiger partial charge in [0.25, 0.3) is 11.8 Å². The summed E-state index contributed by atoms with van der Waals surface area (Å²) in [5, 5.41) is 2.73. The maximum Gasteiger partial charge on any atom is 0.262 e. The van der Waals surface area contributed by atoms with Crippen molar-refractivity contribution in [3.05, 3.63) is 48.0 Å². The van der Waals surface area contributed by atoms with Crippen LogP contribution in [0.25, 0.3) is 0 Å². The number of benzene rings is 2. The van der Waals surface area contributed by atoms with Crippen LogP contribution in [0.3, 0.4) is 0 Å². The molecule has 26 heavy (non-hydrogen) atoms. The molecule has 0 aromatic heterocycles. The lowest BCUT2D eigenvalue weighted by atomic mass is 10.1. The zero-order valence-electron chi connectivity index (χ0n) is 14.7. The van der Waals surface area contributed by atoms with E-state index in [1.165, 1.54) is 0 Å². The lowest BCUT2D eigenvalue weighted by molar-refractivity contribution is -0.118. The largest absolute Gasteiger partial charge is 0.497 e. The molecule has 0 radical (unpaired) electrons. The SMILES string of the molecule is COc1ccc(OCC(=O)Nc2ccc3c(c2)C(=O)N(C)CCO3)cc1. The van der Waals surface area contributed by atoms with Gasteiger partial charge in [0.1, 0.15) is 23.9 Å². The molecule has 1 heterocycles. The summed E-state index contributed by atoms with van der Waals surface area (Å²) in [4.78, 5) is 26.0. The number of nitrogens with one attached hydrogen (secondary N) is 1. The molecule has 3 rings (SSSR count). The standard InChI is InChI=1S/C19H20N2O5/c1-21-9-10-25-17-8-3-13(11-16(17)19(21)23)20-18(22)12-26-15-6-4-14(24-2)5-7-15/h3-8,11H,9-10,12H2,1-2H3,(H,20,22). The normalized spacial score (nSPS) is 13.3. The van der Waals surface area contributed by atoms with E-state index in [0.29, 0.717) is 41.7 Å². The molecule has 2 aromatic carbocycles. The lowest BCUT2D eigenvalue weighted by Crippen LogP contribution is -2.28. The Morgan fingerprint density at radius 2 is 1.92 bits per heavy atom. The lowest BCUT2D eigenvalue weighted by Gasteiger charge is -2.13. The van der Waals surface area contributed by atoms with E-state index in [0.717, 1.165) is 0 Å². The van der Waals surface area contributed by atoms with Crippen LogP contribution in [-0.4, -0.2) is 50.6 Å². The van der Waals surface area contributed by atoms with Crippen molar-refractivity contribution in [1.29, 1.82) is 0 Å². The zero-order chi connectivity index (χ0) is 18.5. The number of hydrogen-bond donors (Lipinski definition) is 1. The summed E-state index contributed by atoms with van der Waals surface area (Å²) in [6.45, 7) is 0.815. The van der Waals surface area contributed by atoms with Crippen LogP contribution in [-0.2, 0) is 4.79 Å². The fourth-order valence-electron chi connectivity index (χ4n) is 2.52. The first-order chi connectivity index (χ1) is 12.6. The number of carbonyl (C=O) groups excluding carboxylic acids is 2. The topological polar surface area (TPSA) is 77.1 Å². The number of methoxy groups -OCH3 is 1. The molecule has 7 nitrogen and oxygen atoms in total. The summed E-state index contributed by atoms with van der Waals surface area (Å²) in [6.07, 6.45) is 0. The van der Waals surface area contributed by atoms with Crippen molar-refractivity contribution in [1.82, 2.24) is 4.90 Å². The van der Waals surface area contributed by atoms with Gasteiger partial charge in [-0.15, -0.1) is 0 Å². The molecule has 2 amide bonds. The van der Waals surface area contributed by atoms with Crippen LogP contribution < -0.4 is 19.5 Å². The average molecular weight is 356 g/mol. The minimum atomic E-state index is -0.323. The van der Waals surface area contributed by atoms with Crippen LogP contribution in [0, 0.1) is 0 Å². The maximum absolute atomic E-state index is 12.3. The second-order valence-corrected chi connectivity index (χ2v) is 5.80. The number of anilines is 1. The molecule has 0 bridgehead atoms. The Labute approximate surface area is 151 Å². The van der Waals surface area contributed by atoms with Gasteiger partial charge >= 0.3 is 0 Å². The number of rotatable bonds is 5. The fourth-order valence-corrected chi connectivity index (χ4v) is 2.52. The van der Waals surface area contributed by atoms with Crippen molar-refractivity contribution in [3.63, 3.8) is 0 Å². The highest BCUT2D eigenvalue weighted by molar-refractivity contribution is 5.99. The molecule has 2 aromatic rings. The third-order valence-corrected chi connectivity index (χ3v) is 3.95. The van der Waals surface area contributed by atoms with Crippen molar-refractivity contribution < 1.29 is 23.8 Å². The molecule has 1 aliphatic rings. The highest BCUT2D eigenvalue weighted by Gasteiger charge is 2.21. The van der Waals surface area contributed by atoms with Crippen molar-refractivity contribution in [3.8, 4) is 17.2 Å². The first-order valence-corrected chi connectivity index (χ1v) is 8.16. The van der Waals surface area contributed by atoms with Crippen molar-refractivity contribution >= 4 is 17.5 Å². The predicted octanol–water partition coefficient (Wildman–Crippen LogP) is 2.18. The van der Waals surface area contributed by atoms with Crippen LogP contribution in [0.15, 0.2) is 42.5 Å². The van der Waals surface area contributed by atoms with Gasteiger partial charge in [0.05, 0.1) is 19.2 Å². The monoisotopic (exact) mass is 356 g/mol. The fraction of sp³-hybridized carbons (Fsp3) is 0.263. The van der Waals surface area contributed by atoms with Crippen molar-refractivity contribution in [2.75, 3.05) is 39.2 Å². The highest BCUT2D eigenvalue weighted by Crippen LogP contribution is 2.26. The summed E-state index contributed by atoms with van der Waals surface area (Å²) in [5.74, 6) is 1.34. The number of fused-ring (bicyclic) bond motifs is 1. The van der Waals surface area contributed by atoms with E-state index in [4.69, 9.17) is 14.2 Å². The second kappa shape index (κ2) is 7.77. The van der Waals surface area contributed by atoms with E-state index in [2.05, 4.69) is 5.32 Å². The number of nitrogens with zero attached hydrogens (tertiary/aromatic N) is 1. The zero-order valence-corrected chi connectivity index (χ0v) is 14.7. The number of likely N-dealkylation sites (N-methyl/N-ethyl adjacent to an activating group) is 1. The molecule has 1 aliphatic heterocycles. The van der Waals surface area contributed by atoms with Gasteiger partial charge in [-0.2, -0.15) is 0 Å². The number of hydrogen-bond acceptors (Lipinski definition) is 5. The Kier molecular flexibility index (Phi) is 5.26. The van der Waals surface area contributed by atoms with Gasteiger partial charge in [0, 0.05) is 12.7 Å². The number of ether oxygens (including phenoxy) is 3. The Bertz CT molecular complexity index is 804. The van der Waals surface area contributed by atoms with Crippen molar-refractivity contribution in [2.24, 2.45) is 0 Å². The molecular formula is C19H20N2O5. The quantitative estimate of drug-likeness (QED) is 0.889. The molecule has 0 atom stereocenters. The molecule has 0 unspecified atom stereocenters. The Morgan fingerprint density at radius 1 is 1.19 bits per heavy atom. The van der Waals surface area contributed by atoms with E-state index < -0.39 is 0 Å². The summed E-state index contributed by atoms with van der Waals surface area (Å²) in [7, 11) is 3.30. The van der Waals surface area contributed by atoms with E-state index in [1.807, 2.05) is 0 Å². The molecule has 0 fully saturated rings. The molecule has 0 saturated heterocycles. The number of carbonyl (C=O) groups is 2. The van der Waals surface area contributed by atoms with Crippen LogP contribution in [0.2, 0.25) is 0 Å². The first kappa shape index (κ1) is 17.6. The molecule has 136 valence electrons. The van der Waals surface area contributed by atoms with Gasteiger partial charge in [0.2, 0.25) is 0 Å². The van der Waals surface area contributed by atoms with E-state index in [-0.39, 0.29) is 18.4 Å². The minimum absolute atomic E-state index is 0.136. The first-order valence-electron chi connectivity index (χ1n) is 8.16. The Balaban J connectivity index is 1.62. The van der Waals surface area contributed by atoms with Gasteiger partial charge in [-0.05, 0) is 42.5 Å². The molecule has 0 spiro atoms. The summed E-state index contributed by atoms with van der Waals surface area (Å²) >= 11 is 0. The third kappa shape index (κ3) is 4.05. The highest BCUT2D eigenvalue weighted by atomic mass is 16.5. The van der Waals surface area contributed by atoms with Crippen LogP contribution in [0.5, 0.6) is 17.2 Å². The van der Waals surface area contributed by atoms with Crippen LogP contribution in [0.1, 0.15) is 10.4 Å². The Hall–Kier alpha value is -3.22. The van der Waals surface area contributed by atoms with Crippen LogP contribution in [0.4, 0.5) is 5.69 Å². The Morgan fingerprint density at radius 3 is 2.65 bits per heavy atom. The van der Waals surface area contributed by atoms with Gasteiger partial charge in [-0.3, -0.25) is 9.59 Å². The molecule has 0 aliphatic carbocycles. The molecule has 1 N–H and O–H groups in total. The summed E-state index contributed by atoms with van der Waals surface area (Å²) in [5.41, 5.74) is 0.943. The van der Waals surface area contributed by atoms with Gasteiger partial charge in [-0.25, -0.2) is 0 Å². The third-order valence-electron chi connectivity index (χ3n) is 3.95. The van der Waals surface area contributed by atoms with Gasteiger partial charge < -0.3 is 24.4 Å². The number of amides is 2. The second-order valence-electron chi connectivity index (χ2n) is 5.80. The van der Waals surface area contributed by atoms with Gasteiger partial charge in [-0.1, -0.05) is 0 Å². The van der Waals surface area contributed by atoms with Crippen LogP contribution >= 0.6 is 0 Å². The van der Waals surface area contributed by atoms with E-state index >= 15 is 0 Å². The van der Waals surface area contributed by atoms with Gasteiger partial charge in [0.15, 0.2) is 6.61 Å². The summed E-state index contributed by atoms with van der Waals surface area (Å²) < 4.78 is 16.1. The maximum atomic E-state index is 12.3. The smallest absolute Gasteiger partial charge is 0.262 e. The summed E-state index contributed by atoms with van der Waals surface area (Å²) in [6, 6.07) is 11.9. The predicted molar refractivity (Wildman–Crippen MR) is 96.0 cm³/mol. The minimum Gasteiger partial charge on any atom is -0.497 e. The average Bonchev–Trinajstić information content (AvgIpc) is 2.80. The van der Waals surface area contributed by atoms with Crippen molar-refractivity contribution in [2.45, 2.75) is 0 Å². The van der Waals surface area contributed by atoms with E-state index in [1.54, 1.807) is 61.5 Å².